The van der Waals surface area contributed by atoms with Gasteiger partial charge in [0.2, 0.25) is 5.79 Å². The van der Waals surface area contributed by atoms with Crippen LogP contribution in [0.3, 0.4) is 0 Å². The van der Waals surface area contributed by atoms with Gasteiger partial charge in [-0.05, 0) is 45.4 Å². The first-order valence-corrected chi connectivity index (χ1v) is 12.6. The summed E-state index contributed by atoms with van der Waals surface area (Å²) in [7, 11) is -2.61. The van der Waals surface area contributed by atoms with Gasteiger partial charge in [0, 0.05) is 43.8 Å². The van der Waals surface area contributed by atoms with Crippen LogP contribution in [0.4, 0.5) is 0 Å². The summed E-state index contributed by atoms with van der Waals surface area (Å²) >= 11 is 0. The van der Waals surface area contributed by atoms with Crippen LogP contribution in [0, 0.1) is 5.41 Å². The monoisotopic (exact) mass is 426 g/mol. The minimum Gasteiger partial charge on any atom is -0.494 e. The van der Waals surface area contributed by atoms with Crippen LogP contribution in [0.1, 0.15) is 60.5 Å². The van der Waals surface area contributed by atoms with E-state index in [0.717, 1.165) is 29.5 Å². The number of rotatable bonds is 11. The zero-order chi connectivity index (χ0) is 21.5. The second-order valence-electron chi connectivity index (χ2n) is 8.29. The smallest absolute Gasteiger partial charge is 0.494 e. The van der Waals surface area contributed by atoms with Crippen LogP contribution < -0.4 is 9.47 Å². The van der Waals surface area contributed by atoms with Crippen molar-refractivity contribution in [1.82, 2.24) is 0 Å². The Balaban J connectivity index is 1.92. The zero-order valence-electron chi connectivity index (χ0n) is 19.1. The molecule has 0 radical (unpaired) electrons. The van der Waals surface area contributed by atoms with E-state index in [1.54, 1.807) is 0 Å². The summed E-state index contributed by atoms with van der Waals surface area (Å²) in [6.45, 7) is 17.1. The molecule has 1 aliphatic rings. The highest BCUT2D eigenvalue weighted by Gasteiger charge is 2.44. The molecule has 1 aromatic rings. The van der Waals surface area contributed by atoms with Crippen LogP contribution in [0.25, 0.3) is 0 Å². The summed E-state index contributed by atoms with van der Waals surface area (Å²) < 4.78 is 35.8. The van der Waals surface area contributed by atoms with E-state index < -0.39 is 14.6 Å². The lowest BCUT2D eigenvalue weighted by Gasteiger charge is -2.44. The van der Waals surface area contributed by atoms with Gasteiger partial charge in [-0.2, -0.15) is 0 Å². The molecule has 0 aliphatic carbocycles. The van der Waals surface area contributed by atoms with Crippen LogP contribution in [0.15, 0.2) is 18.2 Å². The first kappa shape index (κ1) is 24.1. The van der Waals surface area contributed by atoms with E-state index in [4.69, 9.17) is 27.5 Å². The molecule has 0 aromatic heterocycles. The van der Waals surface area contributed by atoms with Gasteiger partial charge in [0.05, 0.1) is 13.2 Å². The van der Waals surface area contributed by atoms with Crippen molar-refractivity contribution in [3.8, 4) is 11.5 Å². The zero-order valence-corrected chi connectivity index (χ0v) is 20.1. The molecule has 0 bridgehead atoms. The standard InChI is InChI=1S/C22H38O6Si/c1-8-25-29(26-9-2,27-10-3)15-11-14-23-19-12-13-20-18(16-19)17-24-22(7,28-20)21(4,5)6/h12-13,16H,8-11,14-15,17H2,1-7H3. The van der Waals surface area contributed by atoms with Crippen molar-refractivity contribution in [2.24, 2.45) is 5.41 Å². The molecule has 7 heteroatoms. The lowest BCUT2D eigenvalue weighted by atomic mass is 9.86. The van der Waals surface area contributed by atoms with E-state index in [0.29, 0.717) is 33.0 Å². The first-order chi connectivity index (χ1) is 13.7. The Morgan fingerprint density at radius 1 is 1.03 bits per heavy atom. The molecule has 0 amide bonds. The van der Waals surface area contributed by atoms with Crippen molar-refractivity contribution >= 4 is 8.80 Å². The summed E-state index contributed by atoms with van der Waals surface area (Å²) in [5.74, 6) is 1.03. The Bertz CT molecular complexity index is 628. The molecule has 1 atom stereocenters. The number of hydrogen-bond acceptors (Lipinski definition) is 6. The van der Waals surface area contributed by atoms with Crippen LogP contribution in [0.2, 0.25) is 6.04 Å². The van der Waals surface area contributed by atoms with Gasteiger partial charge >= 0.3 is 8.80 Å². The van der Waals surface area contributed by atoms with E-state index >= 15 is 0 Å². The lowest BCUT2D eigenvalue weighted by molar-refractivity contribution is -0.249. The van der Waals surface area contributed by atoms with Gasteiger partial charge in [0.25, 0.3) is 0 Å². The molecule has 2 rings (SSSR count). The Hall–Kier alpha value is -1.12. The van der Waals surface area contributed by atoms with E-state index in [1.807, 2.05) is 45.9 Å². The lowest BCUT2D eigenvalue weighted by Crippen LogP contribution is -2.49. The van der Waals surface area contributed by atoms with Crippen LogP contribution in [0.5, 0.6) is 11.5 Å². The fraction of sp³-hybridized carbons (Fsp3) is 0.727. The molecular weight excluding hydrogens is 388 g/mol. The number of ether oxygens (including phenoxy) is 3. The molecule has 0 saturated heterocycles. The summed E-state index contributed by atoms with van der Waals surface area (Å²) in [5, 5.41) is 0. The summed E-state index contributed by atoms with van der Waals surface area (Å²) in [4.78, 5) is 0. The Labute approximate surface area is 177 Å². The third kappa shape index (κ3) is 6.18. The van der Waals surface area contributed by atoms with Crippen LogP contribution in [-0.2, 0) is 24.6 Å². The SMILES string of the molecule is CCO[Si](CCCOc1ccc2c(c1)COC(C)(C(C)(C)C)O2)(OCC)OCC. The molecule has 1 aromatic carbocycles. The number of fused-ring (bicyclic) bond motifs is 1. The van der Waals surface area contributed by atoms with E-state index in [1.165, 1.54) is 0 Å². The first-order valence-electron chi connectivity index (χ1n) is 10.7. The van der Waals surface area contributed by atoms with Crippen molar-refractivity contribution in [2.75, 3.05) is 26.4 Å². The summed E-state index contributed by atoms with van der Waals surface area (Å²) in [5.41, 5.74) is 0.878. The average Bonchev–Trinajstić information content (AvgIpc) is 2.65. The van der Waals surface area contributed by atoms with Gasteiger partial charge in [-0.1, -0.05) is 20.8 Å². The Morgan fingerprint density at radius 3 is 2.21 bits per heavy atom. The topological polar surface area (TPSA) is 55.4 Å². The molecule has 29 heavy (non-hydrogen) atoms. The predicted octanol–water partition coefficient (Wildman–Crippen LogP) is 5.18. The largest absolute Gasteiger partial charge is 0.501 e. The van der Waals surface area contributed by atoms with Gasteiger partial charge in [0.1, 0.15) is 11.5 Å². The molecule has 1 heterocycles. The molecule has 0 fully saturated rings. The molecular formula is C22H38O6Si. The van der Waals surface area contributed by atoms with Crippen molar-refractivity contribution < 1.29 is 27.5 Å². The molecule has 6 nitrogen and oxygen atoms in total. The maximum absolute atomic E-state index is 6.17. The maximum Gasteiger partial charge on any atom is 0.501 e. The number of benzene rings is 1. The molecule has 0 N–H and O–H groups in total. The van der Waals surface area contributed by atoms with Gasteiger partial charge in [-0.25, -0.2) is 0 Å². The highest BCUT2D eigenvalue weighted by molar-refractivity contribution is 6.60. The van der Waals surface area contributed by atoms with E-state index in [2.05, 4.69) is 20.8 Å². The van der Waals surface area contributed by atoms with Crippen molar-refractivity contribution in [2.45, 2.75) is 73.3 Å². The second kappa shape index (κ2) is 10.3. The average molecular weight is 427 g/mol. The van der Waals surface area contributed by atoms with Crippen LogP contribution >= 0.6 is 0 Å². The summed E-state index contributed by atoms with van der Waals surface area (Å²) in [6.07, 6.45) is 0.804. The Morgan fingerprint density at radius 2 is 1.66 bits per heavy atom. The summed E-state index contributed by atoms with van der Waals surface area (Å²) in [6, 6.07) is 6.65. The van der Waals surface area contributed by atoms with E-state index in [-0.39, 0.29) is 5.41 Å². The van der Waals surface area contributed by atoms with Crippen molar-refractivity contribution in [3.63, 3.8) is 0 Å². The highest BCUT2D eigenvalue weighted by Crippen LogP contribution is 2.42. The van der Waals surface area contributed by atoms with Gasteiger partial charge < -0.3 is 27.5 Å². The van der Waals surface area contributed by atoms with Crippen molar-refractivity contribution in [3.05, 3.63) is 23.8 Å². The van der Waals surface area contributed by atoms with Crippen molar-refractivity contribution in [1.29, 1.82) is 0 Å². The molecule has 0 saturated carbocycles. The Kier molecular flexibility index (Phi) is 8.55. The highest BCUT2D eigenvalue weighted by atomic mass is 28.4. The third-order valence-corrected chi connectivity index (χ3v) is 8.34. The predicted molar refractivity (Wildman–Crippen MR) is 115 cm³/mol. The maximum atomic E-state index is 6.17. The van der Waals surface area contributed by atoms with E-state index in [9.17, 15) is 0 Å². The molecule has 1 aliphatic heterocycles. The van der Waals surface area contributed by atoms with Gasteiger partial charge in [-0.3, -0.25) is 0 Å². The number of hydrogen-bond donors (Lipinski definition) is 0. The second-order valence-corrected chi connectivity index (χ2v) is 11.0. The fourth-order valence-electron chi connectivity index (χ4n) is 3.16. The van der Waals surface area contributed by atoms with Gasteiger partial charge in [0.15, 0.2) is 0 Å². The molecule has 0 spiro atoms. The normalized spacial score (nSPS) is 19.6. The third-order valence-electron chi connectivity index (χ3n) is 5.19. The van der Waals surface area contributed by atoms with Gasteiger partial charge in [-0.15, -0.1) is 0 Å². The molecule has 1 unspecified atom stereocenters. The minimum atomic E-state index is -2.61. The fourth-order valence-corrected chi connectivity index (χ4v) is 5.74. The molecule has 166 valence electrons. The van der Waals surface area contributed by atoms with Crippen LogP contribution in [-0.4, -0.2) is 41.0 Å². The minimum absolute atomic E-state index is 0.127. The quantitative estimate of drug-likeness (QED) is 0.359.